The molecule has 0 fully saturated rings. The Morgan fingerprint density at radius 3 is 2.89 bits per heavy atom. The van der Waals surface area contributed by atoms with Crippen LogP contribution in [0, 0.1) is 6.92 Å². The van der Waals surface area contributed by atoms with Gasteiger partial charge in [-0.3, -0.25) is 0 Å². The first-order chi connectivity index (χ1) is 8.65. The molecule has 1 aromatic carbocycles. The van der Waals surface area contributed by atoms with Crippen LogP contribution in [0.1, 0.15) is 5.56 Å². The predicted molar refractivity (Wildman–Crippen MR) is 73.4 cm³/mol. The highest BCUT2D eigenvalue weighted by Gasteiger charge is 2.06. The van der Waals surface area contributed by atoms with Gasteiger partial charge in [0.15, 0.2) is 0 Å². The van der Waals surface area contributed by atoms with Crippen LogP contribution in [0.3, 0.4) is 0 Å². The Balaban J connectivity index is 2.29. The molecule has 18 heavy (non-hydrogen) atoms. The van der Waals surface area contributed by atoms with Gasteiger partial charge in [0.1, 0.15) is 0 Å². The first-order valence-corrected chi connectivity index (χ1v) is 6.26. The lowest BCUT2D eigenvalue weighted by Crippen LogP contribution is -2.25. The van der Waals surface area contributed by atoms with Gasteiger partial charge in [0, 0.05) is 24.4 Å². The second-order valence-electron chi connectivity index (χ2n) is 4.01. The fourth-order valence-electron chi connectivity index (χ4n) is 1.45. The van der Waals surface area contributed by atoms with Crippen LogP contribution in [0.25, 0.3) is 0 Å². The van der Waals surface area contributed by atoms with E-state index in [2.05, 4.69) is 5.32 Å². The summed E-state index contributed by atoms with van der Waals surface area (Å²) in [7, 11) is 1.61. The van der Waals surface area contributed by atoms with E-state index in [1.54, 1.807) is 7.11 Å². The van der Waals surface area contributed by atoms with E-state index in [0.29, 0.717) is 24.8 Å². The molecule has 0 saturated heterocycles. The van der Waals surface area contributed by atoms with Crippen molar-refractivity contribution < 1.29 is 14.6 Å². The van der Waals surface area contributed by atoms with Crippen LogP contribution in [0.2, 0.25) is 5.02 Å². The molecular weight excluding hydrogens is 254 g/mol. The first-order valence-electron chi connectivity index (χ1n) is 5.89. The number of benzene rings is 1. The van der Waals surface area contributed by atoms with Crippen molar-refractivity contribution in [3.8, 4) is 0 Å². The van der Waals surface area contributed by atoms with E-state index >= 15 is 0 Å². The molecule has 1 atom stereocenters. The van der Waals surface area contributed by atoms with Crippen LogP contribution in [0.5, 0.6) is 0 Å². The van der Waals surface area contributed by atoms with E-state index in [0.717, 1.165) is 11.3 Å². The van der Waals surface area contributed by atoms with Crippen molar-refractivity contribution in [2.45, 2.75) is 13.0 Å². The minimum Gasteiger partial charge on any atom is -0.389 e. The van der Waals surface area contributed by atoms with Gasteiger partial charge in [0.2, 0.25) is 0 Å². The number of nitrogens with one attached hydrogen (secondary N) is 1. The van der Waals surface area contributed by atoms with Gasteiger partial charge in [-0.25, -0.2) is 0 Å². The standard InChI is InChI=1S/C13H20ClNO3/c1-10-12(14)4-3-5-13(10)15-8-11(16)9-18-7-6-17-2/h3-5,11,15-16H,6-9H2,1-2H3. The summed E-state index contributed by atoms with van der Waals surface area (Å²) in [5.74, 6) is 0. The van der Waals surface area contributed by atoms with Crippen molar-refractivity contribution in [1.29, 1.82) is 0 Å². The number of ether oxygens (including phenoxy) is 2. The third-order valence-corrected chi connectivity index (χ3v) is 2.95. The van der Waals surface area contributed by atoms with Crippen molar-refractivity contribution in [2.24, 2.45) is 0 Å². The predicted octanol–water partition coefficient (Wildman–Crippen LogP) is 2.08. The molecule has 2 N–H and O–H groups in total. The zero-order valence-corrected chi connectivity index (χ0v) is 11.5. The minimum atomic E-state index is -0.555. The normalized spacial score (nSPS) is 12.4. The lowest BCUT2D eigenvalue weighted by Gasteiger charge is -2.15. The van der Waals surface area contributed by atoms with Crippen LogP contribution in [0.4, 0.5) is 5.69 Å². The summed E-state index contributed by atoms with van der Waals surface area (Å²) in [6, 6.07) is 5.64. The van der Waals surface area contributed by atoms with E-state index in [1.807, 2.05) is 25.1 Å². The van der Waals surface area contributed by atoms with E-state index in [9.17, 15) is 5.11 Å². The SMILES string of the molecule is COCCOCC(O)CNc1cccc(Cl)c1C. The van der Waals surface area contributed by atoms with Gasteiger partial charge in [-0.05, 0) is 24.6 Å². The highest BCUT2D eigenvalue weighted by atomic mass is 35.5. The van der Waals surface area contributed by atoms with Crippen LogP contribution in [0.15, 0.2) is 18.2 Å². The van der Waals surface area contributed by atoms with Gasteiger partial charge < -0.3 is 19.9 Å². The minimum absolute atomic E-state index is 0.288. The zero-order chi connectivity index (χ0) is 13.4. The summed E-state index contributed by atoms with van der Waals surface area (Å²) in [6.07, 6.45) is -0.555. The Morgan fingerprint density at radius 2 is 2.17 bits per heavy atom. The third-order valence-electron chi connectivity index (χ3n) is 2.54. The molecule has 0 aliphatic carbocycles. The van der Waals surface area contributed by atoms with Crippen LogP contribution in [-0.2, 0) is 9.47 Å². The molecule has 0 heterocycles. The maximum Gasteiger partial charge on any atom is 0.0945 e. The van der Waals surface area contributed by atoms with Crippen molar-refractivity contribution >= 4 is 17.3 Å². The van der Waals surface area contributed by atoms with Gasteiger partial charge in [-0.15, -0.1) is 0 Å². The maximum atomic E-state index is 9.71. The fraction of sp³-hybridized carbons (Fsp3) is 0.538. The number of aliphatic hydroxyl groups excluding tert-OH is 1. The molecule has 4 nitrogen and oxygen atoms in total. The highest BCUT2D eigenvalue weighted by molar-refractivity contribution is 6.31. The number of aliphatic hydroxyl groups is 1. The Bertz CT molecular complexity index is 360. The van der Waals surface area contributed by atoms with E-state index in [4.69, 9.17) is 21.1 Å². The van der Waals surface area contributed by atoms with Gasteiger partial charge in [0.25, 0.3) is 0 Å². The molecule has 0 bridgehead atoms. The molecule has 1 aromatic rings. The lowest BCUT2D eigenvalue weighted by atomic mass is 10.2. The number of anilines is 1. The smallest absolute Gasteiger partial charge is 0.0945 e. The molecule has 0 aliphatic rings. The second kappa shape index (κ2) is 8.32. The highest BCUT2D eigenvalue weighted by Crippen LogP contribution is 2.22. The number of rotatable bonds is 8. The number of methoxy groups -OCH3 is 1. The molecule has 0 saturated carbocycles. The molecule has 0 radical (unpaired) electrons. The Morgan fingerprint density at radius 1 is 1.39 bits per heavy atom. The third kappa shape index (κ3) is 5.23. The quantitative estimate of drug-likeness (QED) is 0.712. The maximum absolute atomic E-state index is 9.71. The van der Waals surface area contributed by atoms with Gasteiger partial charge in [-0.2, -0.15) is 0 Å². The van der Waals surface area contributed by atoms with E-state index in [1.165, 1.54) is 0 Å². The van der Waals surface area contributed by atoms with Gasteiger partial charge >= 0.3 is 0 Å². The molecule has 0 aliphatic heterocycles. The number of hydrogen-bond acceptors (Lipinski definition) is 4. The summed E-state index contributed by atoms with van der Waals surface area (Å²) in [6.45, 7) is 3.67. The van der Waals surface area contributed by atoms with Crippen LogP contribution in [-0.4, -0.2) is 44.7 Å². The number of halogens is 1. The second-order valence-corrected chi connectivity index (χ2v) is 4.42. The monoisotopic (exact) mass is 273 g/mol. The summed E-state index contributed by atoms with van der Waals surface area (Å²) < 4.78 is 10.1. The van der Waals surface area contributed by atoms with E-state index in [-0.39, 0.29) is 6.61 Å². The molecule has 1 unspecified atom stereocenters. The van der Waals surface area contributed by atoms with Crippen molar-refractivity contribution in [1.82, 2.24) is 0 Å². The molecule has 0 amide bonds. The average molecular weight is 274 g/mol. The molecule has 1 rings (SSSR count). The summed E-state index contributed by atoms with van der Waals surface area (Å²) in [4.78, 5) is 0. The molecular formula is C13H20ClNO3. The van der Waals surface area contributed by atoms with Crippen LogP contribution < -0.4 is 5.32 Å². The molecule has 0 aromatic heterocycles. The summed E-state index contributed by atoms with van der Waals surface area (Å²) in [5.41, 5.74) is 1.91. The summed E-state index contributed by atoms with van der Waals surface area (Å²) >= 11 is 6.01. The van der Waals surface area contributed by atoms with Crippen molar-refractivity contribution in [3.05, 3.63) is 28.8 Å². The first kappa shape index (κ1) is 15.2. The van der Waals surface area contributed by atoms with Gasteiger partial charge in [0.05, 0.1) is 25.9 Å². The van der Waals surface area contributed by atoms with Crippen molar-refractivity contribution in [3.63, 3.8) is 0 Å². The topological polar surface area (TPSA) is 50.7 Å². The Labute approximate surface area is 113 Å². The average Bonchev–Trinajstić information content (AvgIpc) is 2.36. The fourth-order valence-corrected chi connectivity index (χ4v) is 1.62. The van der Waals surface area contributed by atoms with E-state index < -0.39 is 6.10 Å². The van der Waals surface area contributed by atoms with Crippen molar-refractivity contribution in [2.75, 3.05) is 38.8 Å². The summed E-state index contributed by atoms with van der Waals surface area (Å²) in [5, 5.41) is 13.6. The number of hydrogen-bond donors (Lipinski definition) is 2. The largest absolute Gasteiger partial charge is 0.389 e. The lowest BCUT2D eigenvalue weighted by molar-refractivity contribution is 0.0182. The van der Waals surface area contributed by atoms with Crippen LogP contribution >= 0.6 is 11.6 Å². The molecule has 5 heteroatoms. The Hall–Kier alpha value is -0.810. The van der Waals surface area contributed by atoms with Gasteiger partial charge in [-0.1, -0.05) is 17.7 Å². The molecule has 0 spiro atoms. The Kier molecular flexibility index (Phi) is 7.05. The zero-order valence-electron chi connectivity index (χ0n) is 10.8. The molecule has 102 valence electrons.